The number of aryl methyl sites for hydroxylation is 1. The maximum Gasteiger partial charge on any atom is 0.0831 e. The molecule has 2 heteroatoms. The normalized spacial score (nSPS) is 37.5. The molecule has 0 bridgehead atoms. The summed E-state index contributed by atoms with van der Waals surface area (Å²) in [6.07, 6.45) is 5.52. The van der Waals surface area contributed by atoms with Crippen molar-refractivity contribution in [1.29, 1.82) is 0 Å². The second-order valence-electron chi connectivity index (χ2n) is 6.32. The molecule has 4 unspecified atom stereocenters. The predicted octanol–water partition coefficient (Wildman–Crippen LogP) is 3.63. The molecule has 4 atom stereocenters. The van der Waals surface area contributed by atoms with Crippen molar-refractivity contribution in [2.24, 2.45) is 5.41 Å². The third kappa shape index (κ3) is 2.11. The molecule has 0 radical (unpaired) electrons. The zero-order valence-corrected chi connectivity index (χ0v) is 11.9. The minimum absolute atomic E-state index is 0.0492. The van der Waals surface area contributed by atoms with Gasteiger partial charge in [0.2, 0.25) is 0 Å². The monoisotopic (exact) mass is 260 g/mol. The Bertz CT molecular complexity index is 456. The first-order valence-corrected chi connectivity index (χ1v) is 7.56. The molecule has 19 heavy (non-hydrogen) atoms. The summed E-state index contributed by atoms with van der Waals surface area (Å²) in [6, 6.07) is 8.65. The van der Waals surface area contributed by atoms with Gasteiger partial charge in [-0.2, -0.15) is 0 Å². The maximum absolute atomic E-state index is 9.98. The van der Waals surface area contributed by atoms with Crippen LogP contribution < -0.4 is 0 Å². The molecule has 1 fully saturated rings. The van der Waals surface area contributed by atoms with E-state index < -0.39 is 0 Å². The highest BCUT2D eigenvalue weighted by molar-refractivity contribution is 5.31. The van der Waals surface area contributed by atoms with Gasteiger partial charge in [-0.3, -0.25) is 0 Å². The van der Waals surface area contributed by atoms with Gasteiger partial charge >= 0.3 is 0 Å². The van der Waals surface area contributed by atoms with E-state index in [9.17, 15) is 5.11 Å². The number of rotatable bonds is 3. The number of benzene rings is 1. The van der Waals surface area contributed by atoms with Crippen LogP contribution in [0.4, 0.5) is 0 Å². The molecule has 2 aliphatic rings. The van der Waals surface area contributed by atoms with Gasteiger partial charge in [-0.1, -0.05) is 38.1 Å². The van der Waals surface area contributed by atoms with Crippen molar-refractivity contribution in [2.75, 3.05) is 0 Å². The summed E-state index contributed by atoms with van der Waals surface area (Å²) in [5.41, 5.74) is 2.76. The highest BCUT2D eigenvalue weighted by Gasteiger charge is 2.51. The van der Waals surface area contributed by atoms with E-state index in [4.69, 9.17) is 4.74 Å². The highest BCUT2D eigenvalue weighted by Crippen LogP contribution is 2.48. The van der Waals surface area contributed by atoms with Gasteiger partial charge in [0, 0.05) is 11.8 Å². The molecule has 1 aromatic carbocycles. The standard InChI is InChI=1S/C17H24O2/c1-3-17(2)15(18)11-16(17)19-14-10-6-8-12-7-4-5-9-13(12)14/h4-5,7,9,14-16,18H,3,6,8,10-11H2,1-2H3. The quantitative estimate of drug-likeness (QED) is 0.899. The summed E-state index contributed by atoms with van der Waals surface area (Å²) in [5, 5.41) is 9.98. The van der Waals surface area contributed by atoms with E-state index >= 15 is 0 Å². The molecule has 0 spiro atoms. The van der Waals surface area contributed by atoms with E-state index in [1.165, 1.54) is 24.0 Å². The number of ether oxygens (including phenoxy) is 1. The van der Waals surface area contributed by atoms with Crippen molar-refractivity contribution >= 4 is 0 Å². The Morgan fingerprint density at radius 1 is 1.37 bits per heavy atom. The lowest BCUT2D eigenvalue weighted by Crippen LogP contribution is -2.56. The zero-order valence-electron chi connectivity index (χ0n) is 11.9. The summed E-state index contributed by atoms with van der Waals surface area (Å²) in [6.45, 7) is 4.30. The number of hydrogen-bond acceptors (Lipinski definition) is 2. The molecular formula is C17H24O2. The Kier molecular flexibility index (Phi) is 3.40. The number of fused-ring (bicyclic) bond motifs is 1. The molecule has 0 aliphatic heterocycles. The first-order valence-electron chi connectivity index (χ1n) is 7.56. The van der Waals surface area contributed by atoms with E-state index in [1.54, 1.807) is 0 Å². The molecule has 1 aromatic rings. The predicted molar refractivity (Wildman–Crippen MR) is 76.0 cm³/mol. The van der Waals surface area contributed by atoms with Gasteiger partial charge in [-0.25, -0.2) is 0 Å². The van der Waals surface area contributed by atoms with E-state index in [2.05, 4.69) is 38.1 Å². The lowest BCUT2D eigenvalue weighted by molar-refractivity contribution is -0.207. The van der Waals surface area contributed by atoms with Crippen molar-refractivity contribution in [3.05, 3.63) is 35.4 Å². The third-order valence-corrected chi connectivity index (χ3v) is 5.34. The van der Waals surface area contributed by atoms with Crippen LogP contribution in [-0.2, 0) is 11.2 Å². The van der Waals surface area contributed by atoms with Crippen molar-refractivity contribution in [2.45, 2.75) is 64.3 Å². The van der Waals surface area contributed by atoms with Crippen LogP contribution >= 0.6 is 0 Å². The van der Waals surface area contributed by atoms with Crippen LogP contribution in [0.15, 0.2) is 24.3 Å². The van der Waals surface area contributed by atoms with Gasteiger partial charge in [-0.05, 0) is 36.8 Å². The SMILES string of the molecule is CCC1(C)C(O)CC1OC1CCCc2ccccc21. The Morgan fingerprint density at radius 2 is 2.16 bits per heavy atom. The van der Waals surface area contributed by atoms with Crippen molar-refractivity contribution < 1.29 is 9.84 Å². The number of aliphatic hydroxyl groups excluding tert-OH is 1. The zero-order chi connectivity index (χ0) is 13.5. The van der Waals surface area contributed by atoms with E-state index in [-0.39, 0.29) is 23.7 Å². The largest absolute Gasteiger partial charge is 0.392 e. The average molecular weight is 260 g/mol. The second kappa shape index (κ2) is 4.92. The Hall–Kier alpha value is -0.860. The van der Waals surface area contributed by atoms with Gasteiger partial charge in [0.25, 0.3) is 0 Å². The Labute approximate surface area is 115 Å². The smallest absolute Gasteiger partial charge is 0.0831 e. The van der Waals surface area contributed by atoms with Gasteiger partial charge in [-0.15, -0.1) is 0 Å². The van der Waals surface area contributed by atoms with E-state index in [0.29, 0.717) is 0 Å². The van der Waals surface area contributed by atoms with Gasteiger partial charge in [0.05, 0.1) is 18.3 Å². The van der Waals surface area contributed by atoms with Gasteiger partial charge in [0.1, 0.15) is 0 Å². The first-order chi connectivity index (χ1) is 9.15. The maximum atomic E-state index is 9.98. The number of hydrogen-bond donors (Lipinski definition) is 1. The van der Waals surface area contributed by atoms with Crippen LogP contribution in [0.25, 0.3) is 0 Å². The molecule has 104 valence electrons. The van der Waals surface area contributed by atoms with E-state index in [1.807, 2.05) is 0 Å². The summed E-state index contributed by atoms with van der Waals surface area (Å²) in [5.74, 6) is 0. The first kappa shape index (κ1) is 13.1. The van der Waals surface area contributed by atoms with Gasteiger partial charge in [0.15, 0.2) is 0 Å². The van der Waals surface area contributed by atoms with Crippen LogP contribution in [0.3, 0.4) is 0 Å². The highest BCUT2D eigenvalue weighted by atomic mass is 16.5. The topological polar surface area (TPSA) is 29.5 Å². The summed E-state index contributed by atoms with van der Waals surface area (Å²) < 4.78 is 6.37. The minimum atomic E-state index is -0.193. The molecule has 2 aliphatic carbocycles. The molecule has 1 saturated carbocycles. The molecule has 3 rings (SSSR count). The summed E-state index contributed by atoms with van der Waals surface area (Å²) in [7, 11) is 0. The minimum Gasteiger partial charge on any atom is -0.392 e. The van der Waals surface area contributed by atoms with Crippen LogP contribution in [0.2, 0.25) is 0 Å². The molecule has 0 saturated heterocycles. The number of aliphatic hydroxyl groups is 1. The van der Waals surface area contributed by atoms with Crippen LogP contribution in [-0.4, -0.2) is 17.3 Å². The molecule has 2 nitrogen and oxygen atoms in total. The molecular weight excluding hydrogens is 236 g/mol. The second-order valence-corrected chi connectivity index (χ2v) is 6.32. The van der Waals surface area contributed by atoms with E-state index in [0.717, 1.165) is 19.3 Å². The van der Waals surface area contributed by atoms with Crippen LogP contribution in [0, 0.1) is 5.41 Å². The fourth-order valence-electron chi connectivity index (χ4n) is 3.52. The van der Waals surface area contributed by atoms with Gasteiger partial charge < -0.3 is 9.84 Å². The average Bonchev–Trinajstić information content (AvgIpc) is 2.46. The molecule has 0 heterocycles. The molecule has 0 amide bonds. The van der Waals surface area contributed by atoms with Crippen molar-refractivity contribution in [1.82, 2.24) is 0 Å². The third-order valence-electron chi connectivity index (χ3n) is 5.34. The fourth-order valence-corrected chi connectivity index (χ4v) is 3.52. The van der Waals surface area contributed by atoms with Crippen LogP contribution in [0.5, 0.6) is 0 Å². The molecule has 0 aromatic heterocycles. The lowest BCUT2D eigenvalue weighted by atomic mass is 9.63. The Balaban J connectivity index is 1.75. The lowest BCUT2D eigenvalue weighted by Gasteiger charge is -2.52. The summed E-state index contributed by atoms with van der Waals surface area (Å²) in [4.78, 5) is 0. The van der Waals surface area contributed by atoms with Crippen LogP contribution in [0.1, 0.15) is 56.8 Å². The molecule has 1 N–H and O–H groups in total. The Morgan fingerprint density at radius 3 is 2.89 bits per heavy atom. The fraction of sp³-hybridized carbons (Fsp3) is 0.647. The van der Waals surface area contributed by atoms with Crippen molar-refractivity contribution in [3.8, 4) is 0 Å². The van der Waals surface area contributed by atoms with Crippen molar-refractivity contribution in [3.63, 3.8) is 0 Å². The summed E-state index contributed by atoms with van der Waals surface area (Å²) >= 11 is 0.